The molecule has 1 aromatic rings. The van der Waals surface area contributed by atoms with Crippen molar-refractivity contribution < 1.29 is 19.4 Å². The lowest BCUT2D eigenvalue weighted by molar-refractivity contribution is -0.132. The van der Waals surface area contributed by atoms with Crippen LogP contribution in [-0.4, -0.2) is 28.9 Å². The molecule has 32 heavy (non-hydrogen) atoms. The molecule has 4 nitrogen and oxygen atoms in total. The van der Waals surface area contributed by atoms with Crippen LogP contribution >= 0.6 is 0 Å². The first-order valence-corrected chi connectivity index (χ1v) is 11.0. The van der Waals surface area contributed by atoms with E-state index in [9.17, 15) is 19.4 Å². The summed E-state index contributed by atoms with van der Waals surface area (Å²) >= 11 is 0. The van der Waals surface area contributed by atoms with E-state index in [1.807, 2.05) is 20.8 Å². The van der Waals surface area contributed by atoms with Gasteiger partial charge in [-0.1, -0.05) is 66.3 Å². The zero-order valence-corrected chi connectivity index (χ0v) is 20.9. The van der Waals surface area contributed by atoms with E-state index in [-0.39, 0.29) is 11.4 Å². The maximum Gasteiger partial charge on any atom is 0.341 e. The number of aliphatic carboxylic acids is 1. The Morgan fingerprint density at radius 2 is 1.75 bits per heavy atom. The highest BCUT2D eigenvalue weighted by molar-refractivity contribution is 6.09. The molecule has 0 fully saturated rings. The summed E-state index contributed by atoms with van der Waals surface area (Å²) in [4.78, 5) is 15.3. The monoisotopic (exact) mass is 445 g/mol. The van der Waals surface area contributed by atoms with Crippen molar-refractivity contribution in [3.8, 4) is 0 Å². The summed E-state index contributed by atoms with van der Waals surface area (Å²) < 4.78 is 13.5. The van der Waals surface area contributed by atoms with E-state index in [1.54, 1.807) is 32.1 Å². The smallest absolute Gasteiger partial charge is 0.341 e. The molecule has 0 aliphatic heterocycles. The molecule has 0 aliphatic rings. The van der Waals surface area contributed by atoms with Crippen molar-refractivity contribution in [2.75, 3.05) is 6.54 Å². The van der Waals surface area contributed by atoms with E-state index in [0.29, 0.717) is 23.3 Å². The van der Waals surface area contributed by atoms with Crippen LogP contribution in [0.4, 0.5) is 4.39 Å². The van der Waals surface area contributed by atoms with Gasteiger partial charge in [0.15, 0.2) is 0 Å². The Hall–Kier alpha value is -2.95. The quantitative estimate of drug-likeness (QED) is 0.186. The number of halogens is 1. The van der Waals surface area contributed by atoms with Crippen LogP contribution < -0.4 is 0 Å². The van der Waals surface area contributed by atoms with Crippen molar-refractivity contribution in [3.63, 3.8) is 0 Å². The maximum absolute atomic E-state index is 13.5. The van der Waals surface area contributed by atoms with E-state index >= 15 is 0 Å². The second kappa shape index (κ2) is 17.7. The Morgan fingerprint density at radius 1 is 1.19 bits per heavy atom. The summed E-state index contributed by atoms with van der Waals surface area (Å²) in [6.45, 7) is 20.2. The minimum Gasteiger partial charge on any atom is -0.507 e. The number of carboxylic acids is 1. The largest absolute Gasteiger partial charge is 0.507 e. The molecule has 0 aromatic heterocycles. The Balaban J connectivity index is 0. The van der Waals surface area contributed by atoms with E-state index in [0.717, 1.165) is 24.1 Å². The Bertz CT molecular complexity index is 843. The average Bonchev–Trinajstić information content (AvgIpc) is 2.72. The lowest BCUT2D eigenvalue weighted by atomic mass is 9.95. The van der Waals surface area contributed by atoms with Gasteiger partial charge < -0.3 is 10.2 Å². The molecule has 178 valence electrons. The zero-order chi connectivity index (χ0) is 25.3. The molecule has 1 rings (SSSR count). The molecule has 0 radical (unpaired) electrons. The predicted molar refractivity (Wildman–Crippen MR) is 136 cm³/mol. The summed E-state index contributed by atoms with van der Waals surface area (Å²) in [5.41, 5.74) is 2.44. The van der Waals surface area contributed by atoms with Gasteiger partial charge in [-0.3, -0.25) is 4.99 Å². The van der Waals surface area contributed by atoms with Gasteiger partial charge in [0.1, 0.15) is 17.1 Å². The predicted octanol–water partition coefficient (Wildman–Crippen LogP) is 7.80. The number of carboxylic acid groups (broad SMARTS) is 1. The fourth-order valence-corrected chi connectivity index (χ4v) is 2.26. The molecular weight excluding hydrogens is 405 g/mol. The van der Waals surface area contributed by atoms with Crippen LogP contribution in [0.25, 0.3) is 5.57 Å². The van der Waals surface area contributed by atoms with Crippen molar-refractivity contribution in [2.24, 2.45) is 10.9 Å². The molecule has 0 bridgehead atoms. The fraction of sp³-hybridized carbons (Fsp3) is 0.407. The molecule has 0 spiro atoms. The number of hydrogen-bond donors (Lipinski definition) is 2. The van der Waals surface area contributed by atoms with E-state index in [1.165, 1.54) is 18.2 Å². The molecule has 0 atom stereocenters. The number of rotatable bonds is 8. The first-order valence-electron chi connectivity index (χ1n) is 11.0. The van der Waals surface area contributed by atoms with Gasteiger partial charge in [0.2, 0.25) is 0 Å². The van der Waals surface area contributed by atoms with Gasteiger partial charge in [-0.15, -0.1) is 0 Å². The topological polar surface area (TPSA) is 69.9 Å². The van der Waals surface area contributed by atoms with E-state index in [4.69, 9.17) is 0 Å². The minimum atomic E-state index is -1.26. The van der Waals surface area contributed by atoms with E-state index < -0.39 is 11.7 Å². The Morgan fingerprint density at radius 3 is 2.19 bits per heavy atom. The molecule has 0 heterocycles. The van der Waals surface area contributed by atoms with Crippen molar-refractivity contribution in [3.05, 3.63) is 76.9 Å². The summed E-state index contributed by atoms with van der Waals surface area (Å²) in [6, 6.07) is 6.10. The summed E-state index contributed by atoms with van der Waals surface area (Å²) in [6.07, 6.45) is 4.89. The number of allylic oxidation sites excluding steroid dienone is 5. The number of aliphatic imine (C=N–C) groups is 1. The number of nitrogens with zero attached hydrogens (tertiary/aromatic N) is 1. The number of aliphatic hydroxyl groups is 1. The summed E-state index contributed by atoms with van der Waals surface area (Å²) in [5.74, 6) is -1.18. The van der Waals surface area contributed by atoms with Crippen molar-refractivity contribution in [2.45, 2.75) is 61.8 Å². The third kappa shape index (κ3) is 12.7. The molecule has 1 aromatic carbocycles. The second-order valence-electron chi connectivity index (χ2n) is 7.45. The number of carbonyl (C=O) groups is 1. The number of hydrogen-bond acceptors (Lipinski definition) is 3. The molecule has 0 aliphatic carbocycles. The second-order valence-corrected chi connectivity index (χ2v) is 7.45. The molecule has 0 saturated heterocycles. The third-order valence-corrected chi connectivity index (χ3v) is 3.77. The summed E-state index contributed by atoms with van der Waals surface area (Å²) in [7, 11) is 0. The van der Waals surface area contributed by atoms with Gasteiger partial charge >= 0.3 is 5.97 Å². The van der Waals surface area contributed by atoms with E-state index in [2.05, 4.69) is 32.3 Å². The van der Waals surface area contributed by atoms with Gasteiger partial charge in [-0.05, 0) is 66.7 Å². The number of aliphatic hydroxyl groups excluding tert-OH is 1. The SMILES string of the molecule is C=C/C(=C(C)/C(C)=C/C(O)=C(\C=NCCC)C(=O)O)c1cccc(F)c1.CC.CC(C)C. The third-order valence-electron chi connectivity index (χ3n) is 3.77. The average molecular weight is 446 g/mol. The molecule has 0 saturated carbocycles. The summed E-state index contributed by atoms with van der Waals surface area (Å²) in [5, 5.41) is 19.4. The van der Waals surface area contributed by atoms with Gasteiger partial charge in [0.25, 0.3) is 0 Å². The van der Waals surface area contributed by atoms with Crippen LogP contribution in [0.5, 0.6) is 0 Å². The fourth-order valence-electron chi connectivity index (χ4n) is 2.26. The highest BCUT2D eigenvalue weighted by atomic mass is 19.1. The lowest BCUT2D eigenvalue weighted by Gasteiger charge is -2.10. The molecular formula is C27H40FNO3. The Kier molecular flexibility index (Phi) is 17.3. The molecule has 0 amide bonds. The lowest BCUT2D eigenvalue weighted by Crippen LogP contribution is -2.06. The van der Waals surface area contributed by atoms with Crippen LogP contribution in [0.1, 0.15) is 67.4 Å². The number of benzene rings is 1. The first-order chi connectivity index (χ1) is 15.0. The normalized spacial score (nSPS) is 12.8. The molecule has 0 unspecified atom stereocenters. The van der Waals surface area contributed by atoms with Crippen molar-refractivity contribution in [1.29, 1.82) is 0 Å². The maximum atomic E-state index is 13.5. The van der Waals surface area contributed by atoms with Crippen LogP contribution in [0.3, 0.4) is 0 Å². The van der Waals surface area contributed by atoms with Crippen molar-refractivity contribution in [1.82, 2.24) is 0 Å². The van der Waals surface area contributed by atoms with Gasteiger partial charge in [-0.25, -0.2) is 9.18 Å². The highest BCUT2D eigenvalue weighted by Gasteiger charge is 2.12. The van der Waals surface area contributed by atoms with Gasteiger partial charge in [0.05, 0.1) is 0 Å². The molecule has 5 heteroatoms. The minimum absolute atomic E-state index is 0.281. The zero-order valence-electron chi connectivity index (χ0n) is 20.9. The van der Waals surface area contributed by atoms with Crippen LogP contribution in [0.15, 0.2) is 70.5 Å². The van der Waals surface area contributed by atoms with Gasteiger partial charge in [-0.2, -0.15) is 0 Å². The van der Waals surface area contributed by atoms with Crippen LogP contribution in [-0.2, 0) is 4.79 Å². The van der Waals surface area contributed by atoms with Gasteiger partial charge in [0, 0.05) is 12.8 Å². The van der Waals surface area contributed by atoms with Crippen molar-refractivity contribution >= 4 is 17.8 Å². The highest BCUT2D eigenvalue weighted by Crippen LogP contribution is 2.25. The standard InChI is InChI=1S/C21H24FNO3.C4H10.C2H6/c1-5-10-23-13-19(21(25)26)20(24)11-14(3)15(4)18(6-2)16-8-7-9-17(22)12-16;1-4(2)3;1-2/h6-9,11-13,24H,2,5,10H2,1,3-4H3,(H,25,26);4H,1-3H3;1-2H3/b14-11+,18-15-,20-19-,23-13?;;. The first kappa shape index (κ1) is 31.2. The van der Waals surface area contributed by atoms with Crippen LogP contribution in [0.2, 0.25) is 0 Å². The van der Waals surface area contributed by atoms with Crippen LogP contribution in [0, 0.1) is 11.7 Å². The molecule has 2 N–H and O–H groups in total. The Labute approximate surface area is 193 Å².